The van der Waals surface area contributed by atoms with Crippen molar-refractivity contribution >= 4 is 5.91 Å². The number of carbonyl (C=O) groups is 1. The fourth-order valence-electron chi connectivity index (χ4n) is 2.20. The second-order valence-corrected chi connectivity index (χ2v) is 5.83. The molecule has 3 rings (SSSR count). The second kappa shape index (κ2) is 5.68. The number of rotatable bonds is 5. The maximum Gasteiger partial charge on any atom is 0.249 e. The third-order valence-corrected chi connectivity index (χ3v) is 3.65. The molecule has 110 valence electrons. The molecule has 1 aliphatic carbocycles. The quantitative estimate of drug-likeness (QED) is 0.917. The molecule has 0 spiro atoms. The van der Waals surface area contributed by atoms with Crippen molar-refractivity contribution < 1.29 is 9.32 Å². The first-order valence-electron chi connectivity index (χ1n) is 7.34. The molecule has 0 bridgehead atoms. The van der Waals surface area contributed by atoms with E-state index < -0.39 is 0 Å². The van der Waals surface area contributed by atoms with Gasteiger partial charge >= 0.3 is 0 Å². The van der Waals surface area contributed by atoms with E-state index in [-0.39, 0.29) is 23.8 Å². The van der Waals surface area contributed by atoms with Gasteiger partial charge in [0.1, 0.15) is 6.04 Å². The smallest absolute Gasteiger partial charge is 0.249 e. The summed E-state index contributed by atoms with van der Waals surface area (Å²) in [5.41, 5.74) is 0.906. The van der Waals surface area contributed by atoms with Crippen LogP contribution in [0.5, 0.6) is 0 Å². The molecule has 1 unspecified atom stereocenters. The molecule has 1 fully saturated rings. The lowest BCUT2D eigenvalue weighted by Crippen LogP contribution is -2.33. The van der Waals surface area contributed by atoms with Gasteiger partial charge in [-0.05, 0) is 18.8 Å². The normalized spacial score (nSPS) is 16.0. The van der Waals surface area contributed by atoms with E-state index in [0.717, 1.165) is 18.4 Å². The zero-order chi connectivity index (χ0) is 14.8. The molecular formula is C16H19N3O2. The Kier molecular flexibility index (Phi) is 3.73. The first-order valence-corrected chi connectivity index (χ1v) is 7.34. The van der Waals surface area contributed by atoms with Crippen molar-refractivity contribution in [2.24, 2.45) is 11.8 Å². The Balaban J connectivity index is 1.80. The third kappa shape index (κ3) is 3.12. The standard InChI is InChI=1S/C16H19N3O2/c1-10(2)13(17-15(20)12-8-9-12)16-18-14(19-21-16)11-6-4-3-5-7-11/h3-7,10,12-13H,8-9H2,1-2H3,(H,17,20). The van der Waals surface area contributed by atoms with Gasteiger partial charge in [-0.25, -0.2) is 0 Å². The lowest BCUT2D eigenvalue weighted by molar-refractivity contribution is -0.123. The van der Waals surface area contributed by atoms with E-state index in [4.69, 9.17) is 4.52 Å². The first-order chi connectivity index (χ1) is 10.1. The molecule has 1 N–H and O–H groups in total. The number of benzene rings is 1. The SMILES string of the molecule is CC(C)C(NC(=O)C1CC1)c1nc(-c2ccccc2)no1. The molecule has 5 heteroatoms. The van der Waals surface area contributed by atoms with Crippen LogP contribution in [-0.4, -0.2) is 16.0 Å². The predicted octanol–water partition coefficient (Wildman–Crippen LogP) is 2.96. The molecule has 1 heterocycles. The van der Waals surface area contributed by atoms with E-state index in [0.29, 0.717) is 11.7 Å². The summed E-state index contributed by atoms with van der Waals surface area (Å²) in [6, 6.07) is 9.43. The van der Waals surface area contributed by atoms with Crippen molar-refractivity contribution in [3.63, 3.8) is 0 Å². The highest BCUT2D eigenvalue weighted by Crippen LogP contribution is 2.31. The Hall–Kier alpha value is -2.17. The van der Waals surface area contributed by atoms with Gasteiger partial charge < -0.3 is 9.84 Å². The van der Waals surface area contributed by atoms with E-state index in [2.05, 4.69) is 15.5 Å². The van der Waals surface area contributed by atoms with Crippen LogP contribution in [0.3, 0.4) is 0 Å². The Morgan fingerprint density at radius 2 is 2.00 bits per heavy atom. The predicted molar refractivity (Wildman–Crippen MR) is 78.2 cm³/mol. The number of amides is 1. The van der Waals surface area contributed by atoms with Crippen LogP contribution in [0.1, 0.15) is 38.6 Å². The average Bonchev–Trinajstić information content (AvgIpc) is 3.23. The summed E-state index contributed by atoms with van der Waals surface area (Å²) in [4.78, 5) is 16.4. The van der Waals surface area contributed by atoms with Crippen molar-refractivity contribution in [2.45, 2.75) is 32.7 Å². The van der Waals surface area contributed by atoms with Crippen molar-refractivity contribution in [3.8, 4) is 11.4 Å². The van der Waals surface area contributed by atoms with Crippen LogP contribution in [0.4, 0.5) is 0 Å². The number of carbonyl (C=O) groups excluding carboxylic acids is 1. The summed E-state index contributed by atoms with van der Waals surface area (Å²) in [5.74, 6) is 1.47. The first kappa shape index (κ1) is 13.8. The minimum atomic E-state index is -0.233. The lowest BCUT2D eigenvalue weighted by Gasteiger charge is -2.18. The number of nitrogens with zero attached hydrogens (tertiary/aromatic N) is 2. The van der Waals surface area contributed by atoms with Crippen LogP contribution >= 0.6 is 0 Å². The topological polar surface area (TPSA) is 68.0 Å². The summed E-state index contributed by atoms with van der Waals surface area (Å²) in [7, 11) is 0. The van der Waals surface area contributed by atoms with Gasteiger partial charge in [0.25, 0.3) is 0 Å². The minimum absolute atomic E-state index is 0.0909. The maximum atomic E-state index is 12.0. The van der Waals surface area contributed by atoms with Gasteiger partial charge in [0.05, 0.1) is 0 Å². The van der Waals surface area contributed by atoms with Crippen LogP contribution in [0.25, 0.3) is 11.4 Å². The van der Waals surface area contributed by atoms with E-state index in [9.17, 15) is 4.79 Å². The fourth-order valence-corrected chi connectivity index (χ4v) is 2.20. The molecule has 1 amide bonds. The van der Waals surface area contributed by atoms with Crippen LogP contribution < -0.4 is 5.32 Å². The van der Waals surface area contributed by atoms with Gasteiger partial charge in [-0.2, -0.15) is 4.98 Å². The average molecular weight is 285 g/mol. The molecule has 5 nitrogen and oxygen atoms in total. The molecule has 1 saturated carbocycles. The van der Waals surface area contributed by atoms with Gasteiger partial charge in [0.2, 0.25) is 17.6 Å². The summed E-state index contributed by atoms with van der Waals surface area (Å²) < 4.78 is 5.37. The molecule has 1 aromatic carbocycles. The van der Waals surface area contributed by atoms with Gasteiger partial charge in [-0.1, -0.05) is 49.3 Å². The van der Waals surface area contributed by atoms with Crippen molar-refractivity contribution in [1.82, 2.24) is 15.5 Å². The van der Waals surface area contributed by atoms with Crippen molar-refractivity contribution in [2.75, 3.05) is 0 Å². The number of hydrogen-bond acceptors (Lipinski definition) is 4. The number of aromatic nitrogens is 2. The van der Waals surface area contributed by atoms with Gasteiger partial charge in [-0.3, -0.25) is 4.79 Å². The highest BCUT2D eigenvalue weighted by molar-refractivity contribution is 5.81. The zero-order valence-electron chi connectivity index (χ0n) is 12.2. The number of nitrogens with one attached hydrogen (secondary N) is 1. The molecule has 21 heavy (non-hydrogen) atoms. The van der Waals surface area contributed by atoms with Crippen LogP contribution in [0.2, 0.25) is 0 Å². The summed E-state index contributed by atoms with van der Waals surface area (Å²) >= 11 is 0. The van der Waals surface area contributed by atoms with Gasteiger partial charge in [0.15, 0.2) is 0 Å². The van der Waals surface area contributed by atoms with Crippen LogP contribution in [0.15, 0.2) is 34.9 Å². The molecule has 2 aromatic rings. The van der Waals surface area contributed by atoms with E-state index in [1.165, 1.54) is 0 Å². The summed E-state index contributed by atoms with van der Waals surface area (Å²) in [5, 5.41) is 7.04. The van der Waals surface area contributed by atoms with Crippen LogP contribution in [0, 0.1) is 11.8 Å². The highest BCUT2D eigenvalue weighted by Gasteiger charge is 2.33. The Bertz CT molecular complexity index is 617. The molecule has 1 aromatic heterocycles. The molecule has 0 radical (unpaired) electrons. The Morgan fingerprint density at radius 1 is 1.29 bits per heavy atom. The molecule has 0 aliphatic heterocycles. The largest absolute Gasteiger partial charge is 0.344 e. The van der Waals surface area contributed by atoms with E-state index in [1.807, 2.05) is 44.2 Å². The Morgan fingerprint density at radius 3 is 2.62 bits per heavy atom. The van der Waals surface area contributed by atoms with E-state index >= 15 is 0 Å². The summed E-state index contributed by atoms with van der Waals surface area (Å²) in [6.07, 6.45) is 1.96. The van der Waals surface area contributed by atoms with Gasteiger partial charge in [-0.15, -0.1) is 0 Å². The Labute approximate surface area is 123 Å². The third-order valence-electron chi connectivity index (χ3n) is 3.65. The molecule has 0 saturated heterocycles. The van der Waals surface area contributed by atoms with Gasteiger partial charge in [0, 0.05) is 11.5 Å². The summed E-state index contributed by atoms with van der Waals surface area (Å²) in [6.45, 7) is 4.06. The number of hydrogen-bond donors (Lipinski definition) is 1. The molecule has 1 atom stereocenters. The monoisotopic (exact) mass is 285 g/mol. The highest BCUT2D eigenvalue weighted by atomic mass is 16.5. The fraction of sp³-hybridized carbons (Fsp3) is 0.438. The molecule has 1 aliphatic rings. The lowest BCUT2D eigenvalue weighted by atomic mass is 10.0. The minimum Gasteiger partial charge on any atom is -0.344 e. The van der Waals surface area contributed by atoms with Crippen molar-refractivity contribution in [3.05, 3.63) is 36.2 Å². The second-order valence-electron chi connectivity index (χ2n) is 5.83. The maximum absolute atomic E-state index is 12.0. The molecular weight excluding hydrogens is 266 g/mol. The van der Waals surface area contributed by atoms with E-state index in [1.54, 1.807) is 0 Å². The van der Waals surface area contributed by atoms with Crippen molar-refractivity contribution in [1.29, 1.82) is 0 Å². The zero-order valence-corrected chi connectivity index (χ0v) is 12.2. The van der Waals surface area contributed by atoms with Crippen LogP contribution in [-0.2, 0) is 4.79 Å².